The summed E-state index contributed by atoms with van der Waals surface area (Å²) in [7, 11) is 0. The molecule has 0 aliphatic rings. The van der Waals surface area contributed by atoms with Crippen molar-refractivity contribution in [3.8, 4) is 0 Å². The monoisotopic (exact) mass is 384 g/mol. The van der Waals surface area contributed by atoms with Crippen molar-refractivity contribution in [3.05, 3.63) is 12.2 Å². The highest BCUT2D eigenvalue weighted by Gasteiger charge is 2.24. The van der Waals surface area contributed by atoms with E-state index >= 15 is 0 Å². The molecule has 0 aromatic rings. The molecule has 0 saturated heterocycles. The number of hydrogen-bond acceptors (Lipinski definition) is 4. The van der Waals surface area contributed by atoms with E-state index in [1.807, 2.05) is 0 Å². The molecule has 0 saturated carbocycles. The van der Waals surface area contributed by atoms with Gasteiger partial charge < -0.3 is 14.9 Å². The third-order valence-corrected chi connectivity index (χ3v) is 4.99. The van der Waals surface area contributed by atoms with Gasteiger partial charge in [-0.05, 0) is 32.1 Å². The van der Waals surface area contributed by atoms with E-state index in [1.54, 1.807) is 6.92 Å². The summed E-state index contributed by atoms with van der Waals surface area (Å²) in [5, 5.41) is 18.3. The number of rotatable bonds is 19. The van der Waals surface area contributed by atoms with E-state index < -0.39 is 5.41 Å². The van der Waals surface area contributed by atoms with Crippen molar-refractivity contribution in [1.82, 2.24) is 0 Å². The number of carbonyl (C=O) groups excluding carboxylic acids is 1. The maximum atomic E-state index is 11.7. The normalized spacial score (nSPS) is 12.0. The number of aliphatic hydroxyl groups excluding tert-OH is 2. The van der Waals surface area contributed by atoms with Crippen molar-refractivity contribution in [2.45, 2.75) is 104 Å². The predicted octanol–water partition coefficient (Wildman–Crippen LogP) is 5.56. The van der Waals surface area contributed by atoms with Crippen LogP contribution in [0.15, 0.2) is 12.2 Å². The second-order valence-corrected chi connectivity index (χ2v) is 8.12. The third-order valence-electron chi connectivity index (χ3n) is 4.99. The lowest BCUT2D eigenvalue weighted by Gasteiger charge is -2.23. The first kappa shape index (κ1) is 26.1. The molecule has 0 spiro atoms. The van der Waals surface area contributed by atoms with Crippen LogP contribution >= 0.6 is 0 Å². The van der Waals surface area contributed by atoms with Gasteiger partial charge in [0.2, 0.25) is 0 Å². The van der Waals surface area contributed by atoms with Crippen LogP contribution < -0.4 is 0 Å². The van der Waals surface area contributed by atoms with Gasteiger partial charge in [-0.15, -0.1) is 0 Å². The Labute approximate surface area is 167 Å². The quantitative estimate of drug-likeness (QED) is 0.174. The van der Waals surface area contributed by atoms with E-state index in [1.165, 1.54) is 64.2 Å². The average Bonchev–Trinajstić information content (AvgIpc) is 2.69. The van der Waals surface area contributed by atoms with Crippen molar-refractivity contribution in [2.24, 2.45) is 5.41 Å². The van der Waals surface area contributed by atoms with Crippen molar-refractivity contribution in [3.63, 3.8) is 0 Å². The number of carbonyl (C=O) groups is 1. The van der Waals surface area contributed by atoms with E-state index in [-0.39, 0.29) is 25.8 Å². The summed E-state index contributed by atoms with van der Waals surface area (Å²) in [5.74, 6) is -0.235. The zero-order valence-corrected chi connectivity index (χ0v) is 17.9. The summed E-state index contributed by atoms with van der Waals surface area (Å²) >= 11 is 0. The van der Waals surface area contributed by atoms with Gasteiger partial charge in [0.1, 0.15) is 6.61 Å². The topological polar surface area (TPSA) is 66.8 Å². The van der Waals surface area contributed by atoms with E-state index in [4.69, 9.17) is 14.9 Å². The van der Waals surface area contributed by atoms with Gasteiger partial charge in [0.05, 0.1) is 13.2 Å². The highest BCUT2D eigenvalue weighted by molar-refractivity contribution is 5.69. The molecule has 0 aromatic carbocycles. The molecule has 0 bridgehead atoms. The van der Waals surface area contributed by atoms with E-state index in [9.17, 15) is 4.79 Å². The van der Waals surface area contributed by atoms with Gasteiger partial charge in [-0.25, -0.2) is 0 Å². The van der Waals surface area contributed by atoms with Crippen LogP contribution in [0.4, 0.5) is 0 Å². The molecular weight excluding hydrogens is 340 g/mol. The Morgan fingerprint density at radius 2 is 1.30 bits per heavy atom. The van der Waals surface area contributed by atoms with Gasteiger partial charge in [0.15, 0.2) is 0 Å². The minimum atomic E-state index is -0.738. The molecule has 0 aliphatic carbocycles. The van der Waals surface area contributed by atoms with E-state index in [0.717, 1.165) is 19.3 Å². The fourth-order valence-corrected chi connectivity index (χ4v) is 2.81. The molecule has 0 radical (unpaired) electrons. The van der Waals surface area contributed by atoms with Crippen LogP contribution in [0.3, 0.4) is 0 Å². The predicted molar refractivity (Wildman–Crippen MR) is 113 cm³/mol. The highest BCUT2D eigenvalue weighted by Crippen LogP contribution is 2.15. The Hall–Kier alpha value is -0.870. The second kappa shape index (κ2) is 18.5. The Bertz CT molecular complexity index is 361. The van der Waals surface area contributed by atoms with Crippen LogP contribution in [0.25, 0.3) is 0 Å². The van der Waals surface area contributed by atoms with Crippen molar-refractivity contribution < 1.29 is 19.7 Å². The summed E-state index contributed by atoms with van der Waals surface area (Å²) in [5.41, 5.74) is -0.738. The fraction of sp³-hybridized carbons (Fsp3) is 0.870. The Balaban J connectivity index is 3.37. The Kier molecular flexibility index (Phi) is 17.9. The van der Waals surface area contributed by atoms with Gasteiger partial charge in [-0.2, -0.15) is 0 Å². The molecule has 0 atom stereocenters. The van der Waals surface area contributed by atoms with Gasteiger partial charge >= 0.3 is 5.97 Å². The summed E-state index contributed by atoms with van der Waals surface area (Å²) in [6.45, 7) is 3.65. The number of esters is 1. The first-order chi connectivity index (χ1) is 13.1. The summed E-state index contributed by atoms with van der Waals surface area (Å²) in [6.07, 6.45) is 21.1. The summed E-state index contributed by atoms with van der Waals surface area (Å²) < 4.78 is 5.14. The molecule has 4 nitrogen and oxygen atoms in total. The molecule has 0 amide bonds. The van der Waals surface area contributed by atoms with Gasteiger partial charge in [-0.1, -0.05) is 77.4 Å². The number of allylic oxidation sites excluding steroid dienone is 2. The minimum Gasteiger partial charge on any atom is -0.465 e. The third kappa shape index (κ3) is 17.0. The lowest BCUT2D eigenvalue weighted by Crippen LogP contribution is -2.32. The molecule has 0 aromatic heterocycles. The number of hydrogen-bond donors (Lipinski definition) is 2. The largest absolute Gasteiger partial charge is 0.465 e. The van der Waals surface area contributed by atoms with E-state index in [2.05, 4.69) is 19.1 Å². The zero-order chi connectivity index (χ0) is 20.2. The van der Waals surface area contributed by atoms with Crippen molar-refractivity contribution in [1.29, 1.82) is 0 Å². The number of aliphatic hydroxyl groups is 2. The fourth-order valence-electron chi connectivity index (χ4n) is 2.81. The molecule has 0 unspecified atom stereocenters. The SMILES string of the molecule is CCCCCCCC/C=C\CCCCCCCC(=O)OCC(C)(CO)CO. The van der Waals surface area contributed by atoms with E-state index in [0.29, 0.717) is 6.42 Å². The second-order valence-electron chi connectivity index (χ2n) is 8.12. The minimum absolute atomic E-state index is 0.0733. The van der Waals surface area contributed by atoms with Crippen LogP contribution in [0, 0.1) is 5.41 Å². The Morgan fingerprint density at radius 1 is 0.815 bits per heavy atom. The first-order valence-corrected chi connectivity index (χ1v) is 11.1. The lowest BCUT2D eigenvalue weighted by atomic mass is 9.94. The molecular formula is C23H44O4. The molecule has 2 N–H and O–H groups in total. The van der Waals surface area contributed by atoms with Crippen molar-refractivity contribution >= 4 is 5.97 Å². The van der Waals surface area contributed by atoms with Crippen LogP contribution in [0.2, 0.25) is 0 Å². The standard InChI is InChI=1S/C23H44O4/c1-3-4-5-6-7-8-9-10-11-12-13-14-15-16-17-18-22(26)27-21-23(2,19-24)20-25/h10-11,24-25H,3-9,12-21H2,1-2H3/b11-10-. The highest BCUT2D eigenvalue weighted by atomic mass is 16.5. The van der Waals surface area contributed by atoms with Gasteiger partial charge in [0, 0.05) is 11.8 Å². The number of unbranched alkanes of at least 4 members (excludes halogenated alkanes) is 11. The first-order valence-electron chi connectivity index (χ1n) is 11.1. The van der Waals surface area contributed by atoms with Crippen LogP contribution in [-0.4, -0.2) is 36.0 Å². The molecule has 0 fully saturated rings. The molecule has 0 rings (SSSR count). The van der Waals surface area contributed by atoms with Crippen molar-refractivity contribution in [2.75, 3.05) is 19.8 Å². The summed E-state index contributed by atoms with van der Waals surface area (Å²) in [4.78, 5) is 11.7. The van der Waals surface area contributed by atoms with Gasteiger partial charge in [-0.3, -0.25) is 4.79 Å². The molecule has 4 heteroatoms. The summed E-state index contributed by atoms with van der Waals surface area (Å²) in [6, 6.07) is 0. The van der Waals surface area contributed by atoms with Gasteiger partial charge in [0.25, 0.3) is 0 Å². The maximum absolute atomic E-state index is 11.7. The smallest absolute Gasteiger partial charge is 0.305 e. The molecule has 0 heterocycles. The lowest BCUT2D eigenvalue weighted by molar-refractivity contribution is -0.149. The van der Waals surface area contributed by atoms with Crippen LogP contribution in [-0.2, 0) is 9.53 Å². The molecule has 0 aliphatic heterocycles. The molecule has 160 valence electrons. The average molecular weight is 385 g/mol. The number of ether oxygens (including phenoxy) is 1. The van der Waals surface area contributed by atoms with Crippen LogP contribution in [0.5, 0.6) is 0 Å². The zero-order valence-electron chi connectivity index (χ0n) is 17.9. The Morgan fingerprint density at radius 3 is 1.81 bits per heavy atom. The maximum Gasteiger partial charge on any atom is 0.305 e. The molecule has 27 heavy (non-hydrogen) atoms. The van der Waals surface area contributed by atoms with Crippen LogP contribution in [0.1, 0.15) is 104 Å².